The molecule has 0 saturated heterocycles. The summed E-state index contributed by atoms with van der Waals surface area (Å²) in [4.78, 5) is 5.31. The molecule has 3 atom stereocenters. The molecule has 52 heavy (non-hydrogen) atoms. The Bertz CT molecular complexity index is 2320. The zero-order valence-electron chi connectivity index (χ0n) is 29.5. The molecule has 256 valence electrons. The average Bonchev–Trinajstić information content (AvgIpc) is 3.20. The van der Waals surface area contributed by atoms with Gasteiger partial charge in [0.05, 0.1) is 11.7 Å². The Hall–Kier alpha value is -6.07. The highest BCUT2D eigenvalue weighted by Gasteiger charge is 2.28. The van der Waals surface area contributed by atoms with Crippen molar-refractivity contribution in [2.24, 2.45) is 22.7 Å². The van der Waals surface area contributed by atoms with Crippen molar-refractivity contribution in [3.05, 3.63) is 185 Å². The van der Waals surface area contributed by atoms with E-state index < -0.39 is 0 Å². The van der Waals surface area contributed by atoms with Crippen molar-refractivity contribution >= 4 is 45.2 Å². The molecule has 1 aliphatic heterocycles. The van der Waals surface area contributed by atoms with E-state index in [0.29, 0.717) is 11.5 Å². The summed E-state index contributed by atoms with van der Waals surface area (Å²) in [6.45, 7) is 3.78. The van der Waals surface area contributed by atoms with Gasteiger partial charge in [-0.15, -0.1) is 0 Å². The molecule has 1 heterocycles. The van der Waals surface area contributed by atoms with Crippen molar-refractivity contribution in [2.45, 2.75) is 32.7 Å². The number of aliphatic imine (C=N–C) groups is 1. The second-order valence-corrected chi connectivity index (χ2v) is 14.1. The lowest BCUT2D eigenvalue weighted by molar-refractivity contribution is 0.491. The van der Waals surface area contributed by atoms with E-state index in [9.17, 15) is 0 Å². The highest BCUT2D eigenvalue weighted by molar-refractivity contribution is 6.12. The summed E-state index contributed by atoms with van der Waals surface area (Å²) < 4.78 is 5.47. The molecule has 3 unspecified atom stereocenters. The molecule has 5 heteroatoms. The van der Waals surface area contributed by atoms with Gasteiger partial charge in [-0.05, 0) is 75.7 Å². The smallest absolute Gasteiger partial charge is 0.220 e. The maximum atomic E-state index is 8.35. The molecule has 8 rings (SSSR count). The lowest BCUT2D eigenvalue weighted by atomic mass is 9.75. The monoisotopic (exact) mass is 678 g/mol. The zero-order valence-corrected chi connectivity index (χ0v) is 29.5. The highest BCUT2D eigenvalue weighted by Crippen LogP contribution is 2.43. The van der Waals surface area contributed by atoms with E-state index in [-0.39, 0.29) is 29.7 Å². The van der Waals surface area contributed by atoms with Crippen molar-refractivity contribution in [1.82, 2.24) is 5.32 Å². The highest BCUT2D eigenvalue weighted by atomic mass is 16.5. The summed E-state index contributed by atoms with van der Waals surface area (Å²) in [5, 5.41) is 22.6. The van der Waals surface area contributed by atoms with E-state index in [2.05, 4.69) is 145 Å². The fourth-order valence-electron chi connectivity index (χ4n) is 7.50. The molecular weight excluding hydrogens is 637 g/mol. The Kier molecular flexibility index (Phi) is 9.09. The summed E-state index contributed by atoms with van der Waals surface area (Å²) in [5.74, 6) is 1.48. The number of nitrogens with zero attached hydrogens (tertiary/aromatic N) is 1. The van der Waals surface area contributed by atoms with Crippen LogP contribution >= 0.6 is 0 Å². The van der Waals surface area contributed by atoms with E-state index in [4.69, 9.17) is 20.5 Å². The molecule has 5 nitrogen and oxygen atoms in total. The van der Waals surface area contributed by atoms with Crippen LogP contribution in [-0.4, -0.2) is 23.7 Å². The summed E-state index contributed by atoms with van der Waals surface area (Å²) in [6, 6.07) is 31.9. The number of allylic oxidation sites excluding steroid dienone is 11. The minimum Gasteiger partial charge on any atom is -0.425 e. The second kappa shape index (κ2) is 14.3. The van der Waals surface area contributed by atoms with Crippen molar-refractivity contribution in [2.75, 3.05) is 0 Å². The molecule has 4 aromatic rings. The summed E-state index contributed by atoms with van der Waals surface area (Å²) >= 11 is 0. The van der Waals surface area contributed by atoms with Crippen LogP contribution in [0.5, 0.6) is 0 Å². The summed E-state index contributed by atoms with van der Waals surface area (Å²) in [7, 11) is 0. The zero-order chi connectivity index (χ0) is 35.6. The van der Waals surface area contributed by atoms with Crippen LogP contribution in [0, 0.1) is 28.6 Å². The van der Waals surface area contributed by atoms with Gasteiger partial charge in [0.2, 0.25) is 5.90 Å². The lowest BCUT2D eigenvalue weighted by Crippen LogP contribution is -2.41. The van der Waals surface area contributed by atoms with Crippen LogP contribution in [0.1, 0.15) is 54.5 Å². The Balaban J connectivity index is 1.12. The summed E-state index contributed by atoms with van der Waals surface area (Å²) in [6.07, 6.45) is 24.2. The van der Waals surface area contributed by atoms with Gasteiger partial charge in [0.15, 0.2) is 5.90 Å². The fourth-order valence-corrected chi connectivity index (χ4v) is 7.50. The van der Waals surface area contributed by atoms with Gasteiger partial charge in [-0.25, -0.2) is 4.99 Å². The number of rotatable bonds is 7. The quantitative estimate of drug-likeness (QED) is 0.134. The molecule has 4 aromatic carbocycles. The topological polar surface area (TPSA) is 81.3 Å². The Morgan fingerprint density at radius 3 is 2.44 bits per heavy atom. The van der Waals surface area contributed by atoms with Gasteiger partial charge in [0.1, 0.15) is 5.84 Å². The van der Waals surface area contributed by atoms with Crippen molar-refractivity contribution in [3.8, 4) is 0 Å². The maximum Gasteiger partial charge on any atom is 0.220 e. The third-order valence-electron chi connectivity index (χ3n) is 10.3. The largest absolute Gasteiger partial charge is 0.425 e. The first-order valence-corrected chi connectivity index (χ1v) is 18.2. The van der Waals surface area contributed by atoms with Crippen LogP contribution in [0.4, 0.5) is 0 Å². The Morgan fingerprint density at radius 2 is 1.62 bits per heavy atom. The first-order chi connectivity index (χ1) is 25.4. The standard InChI is InChI=1S/C47H42N4O/c1-30(2)45(48)52-46(49)34-26-24-32(25-27-34)37-19-10-22-41-39(20-11-21-40(37)41)35-16-8-17-36(28-35)44-29-43(33-13-4-3-5-14-33)50-47(51-44)42-23-9-15-31-12-6-7-18-38(31)42/h3-13,15-20,22-30,33,40,43,48-49H,14,21H2,1-2H3,(H,50,51). The molecular formula is C47H42N4O. The fraction of sp³-hybridized carbons (Fsp3) is 0.170. The van der Waals surface area contributed by atoms with Gasteiger partial charge >= 0.3 is 0 Å². The first-order valence-electron chi connectivity index (χ1n) is 18.2. The molecule has 0 radical (unpaired) electrons. The predicted octanol–water partition coefficient (Wildman–Crippen LogP) is 10.7. The molecule has 0 amide bonds. The molecule has 0 bridgehead atoms. The van der Waals surface area contributed by atoms with Crippen molar-refractivity contribution in [3.63, 3.8) is 0 Å². The van der Waals surface area contributed by atoms with Crippen molar-refractivity contribution < 1.29 is 4.74 Å². The molecule has 0 saturated carbocycles. The number of nitrogens with one attached hydrogen (secondary N) is 3. The van der Waals surface area contributed by atoms with Crippen molar-refractivity contribution in [1.29, 1.82) is 10.8 Å². The number of hydrogen-bond donors (Lipinski definition) is 3. The second-order valence-electron chi connectivity index (χ2n) is 14.1. The molecule has 0 fully saturated rings. The lowest BCUT2D eigenvalue weighted by Gasteiger charge is -2.30. The maximum absolute atomic E-state index is 8.35. The third kappa shape index (κ3) is 6.58. The van der Waals surface area contributed by atoms with Crippen LogP contribution < -0.4 is 5.32 Å². The van der Waals surface area contributed by atoms with E-state index >= 15 is 0 Å². The van der Waals surface area contributed by atoms with E-state index in [1.165, 1.54) is 33.1 Å². The van der Waals surface area contributed by atoms with Gasteiger partial charge < -0.3 is 10.1 Å². The molecule has 4 aliphatic rings. The van der Waals surface area contributed by atoms with Gasteiger partial charge in [-0.1, -0.05) is 141 Å². The number of benzene rings is 4. The van der Waals surface area contributed by atoms with Crippen LogP contribution in [-0.2, 0) is 4.74 Å². The number of ether oxygens (including phenoxy) is 1. The van der Waals surface area contributed by atoms with Crippen LogP contribution in [0.2, 0.25) is 0 Å². The molecule has 0 aromatic heterocycles. The molecule has 3 N–H and O–H groups in total. The van der Waals surface area contributed by atoms with Gasteiger partial charge in [0, 0.05) is 34.4 Å². The number of hydrogen-bond acceptors (Lipinski definition) is 5. The van der Waals surface area contributed by atoms with Gasteiger partial charge in [-0.2, -0.15) is 0 Å². The van der Waals surface area contributed by atoms with Gasteiger partial charge in [-0.3, -0.25) is 10.8 Å². The average molecular weight is 679 g/mol. The van der Waals surface area contributed by atoms with E-state index in [1.54, 1.807) is 0 Å². The molecule has 0 spiro atoms. The van der Waals surface area contributed by atoms with Crippen LogP contribution in [0.25, 0.3) is 27.6 Å². The first kappa shape index (κ1) is 33.1. The SMILES string of the molecule is CC(C)C(=N)OC(=N)c1ccc(C2=CC=CC3=C(c4cccc(C5=CC(C6C=CC=CC6)NC(c6cccc7ccccc67)=N5)c4)C=CCC23)cc1. The Labute approximate surface area is 305 Å². The summed E-state index contributed by atoms with van der Waals surface area (Å²) in [5.41, 5.74) is 9.94. The number of fused-ring (bicyclic) bond motifs is 2. The predicted molar refractivity (Wildman–Crippen MR) is 216 cm³/mol. The van der Waals surface area contributed by atoms with Gasteiger partial charge in [0.25, 0.3) is 0 Å². The van der Waals surface area contributed by atoms with Crippen LogP contribution in [0.15, 0.2) is 162 Å². The minimum atomic E-state index is -0.0663. The van der Waals surface area contributed by atoms with E-state index in [0.717, 1.165) is 41.1 Å². The normalized spacial score (nSPS) is 20.6. The Morgan fingerprint density at radius 1 is 0.808 bits per heavy atom. The number of amidine groups is 1. The third-order valence-corrected chi connectivity index (χ3v) is 10.3. The minimum absolute atomic E-state index is 0.00178. The van der Waals surface area contributed by atoms with Crippen LogP contribution in [0.3, 0.4) is 0 Å². The van der Waals surface area contributed by atoms with E-state index in [1.807, 2.05) is 26.0 Å². The molecule has 3 aliphatic carbocycles.